The van der Waals surface area contributed by atoms with E-state index >= 15 is 0 Å². The summed E-state index contributed by atoms with van der Waals surface area (Å²) < 4.78 is 67.8. The van der Waals surface area contributed by atoms with Gasteiger partial charge in [0, 0.05) is 5.56 Å². The third kappa shape index (κ3) is 5.10. The van der Waals surface area contributed by atoms with Crippen LogP contribution in [0.25, 0.3) is 0 Å². The van der Waals surface area contributed by atoms with Gasteiger partial charge in [0.15, 0.2) is 5.82 Å². The summed E-state index contributed by atoms with van der Waals surface area (Å²) in [5.74, 6) is -1.74. The van der Waals surface area contributed by atoms with Crippen LogP contribution in [-0.4, -0.2) is 26.2 Å². The molecule has 0 aliphatic rings. The van der Waals surface area contributed by atoms with Gasteiger partial charge < -0.3 is 9.66 Å². The maximum atomic E-state index is 13.9. The van der Waals surface area contributed by atoms with Crippen molar-refractivity contribution in [3.05, 3.63) is 29.1 Å². The summed E-state index contributed by atoms with van der Waals surface area (Å²) in [6, 6.07) is 1.37. The first-order valence-electron chi connectivity index (χ1n) is 6.62. The van der Waals surface area contributed by atoms with Gasteiger partial charge in [0.2, 0.25) is 0 Å². The second-order valence-corrected chi connectivity index (χ2v) is 7.76. The van der Waals surface area contributed by atoms with Crippen LogP contribution in [0.15, 0.2) is 16.5 Å². The average molecular weight is 368 g/mol. The number of carboxylic acid groups (broad SMARTS) is 1. The van der Waals surface area contributed by atoms with Gasteiger partial charge in [-0.2, -0.15) is 13.2 Å². The first-order valence-corrected chi connectivity index (χ1v) is 7.72. The molecule has 0 radical (unpaired) electrons. The van der Waals surface area contributed by atoms with Crippen LogP contribution in [0.2, 0.25) is 0 Å². The third-order valence-corrected chi connectivity index (χ3v) is 4.27. The molecule has 0 saturated heterocycles. The highest BCUT2D eigenvalue weighted by Crippen LogP contribution is 2.35. The Morgan fingerprint density at radius 3 is 2.25 bits per heavy atom. The number of hydrogen-bond donors (Lipinski definition) is 2. The summed E-state index contributed by atoms with van der Waals surface area (Å²) in [6.45, 7) is 6.19. The van der Waals surface area contributed by atoms with E-state index < -0.39 is 45.4 Å². The molecule has 0 aliphatic heterocycles. The lowest BCUT2D eigenvalue weighted by Gasteiger charge is -2.19. The smallest absolute Gasteiger partial charge is 0.419 e. The molecule has 1 rings (SSSR count). The largest absolute Gasteiger partial charge is 0.591 e. The van der Waals surface area contributed by atoms with Gasteiger partial charge in [-0.3, -0.25) is 5.32 Å². The Labute approximate surface area is 139 Å². The summed E-state index contributed by atoms with van der Waals surface area (Å²) in [7, 11) is 0. The number of alkyl halides is 3. The van der Waals surface area contributed by atoms with Crippen LogP contribution >= 0.6 is 0 Å². The average Bonchev–Trinajstić information content (AvgIpc) is 2.37. The van der Waals surface area contributed by atoms with Crippen LogP contribution < -0.4 is 5.32 Å². The lowest BCUT2D eigenvalue weighted by molar-refractivity contribution is -0.139. The van der Waals surface area contributed by atoms with E-state index in [9.17, 15) is 26.9 Å². The minimum absolute atomic E-state index is 0.0396. The molecule has 0 saturated carbocycles. The molecular formula is C14H16F4N2O3S. The van der Waals surface area contributed by atoms with Gasteiger partial charge in [0.1, 0.15) is 16.1 Å². The molecule has 24 heavy (non-hydrogen) atoms. The van der Waals surface area contributed by atoms with Crippen molar-refractivity contribution in [2.24, 2.45) is 4.40 Å². The van der Waals surface area contributed by atoms with E-state index in [1.807, 2.05) is 0 Å². The monoisotopic (exact) mass is 368 g/mol. The second-order valence-electron chi connectivity index (χ2n) is 5.85. The minimum atomic E-state index is -5.03. The normalized spacial score (nSPS) is 14.5. The Morgan fingerprint density at radius 1 is 1.29 bits per heavy atom. The van der Waals surface area contributed by atoms with E-state index in [1.165, 1.54) is 6.92 Å². The van der Waals surface area contributed by atoms with Gasteiger partial charge in [0.25, 0.3) is 0 Å². The van der Waals surface area contributed by atoms with Crippen LogP contribution in [-0.2, 0) is 17.5 Å². The van der Waals surface area contributed by atoms with Crippen LogP contribution in [0.4, 0.5) is 28.0 Å². The lowest BCUT2D eigenvalue weighted by Crippen LogP contribution is -2.26. The molecule has 0 aliphatic carbocycles. The first-order chi connectivity index (χ1) is 10.7. The maximum absolute atomic E-state index is 13.9. The van der Waals surface area contributed by atoms with Gasteiger partial charge in [-0.25, -0.2) is 9.18 Å². The summed E-state index contributed by atoms with van der Waals surface area (Å²) in [5.41, 5.74) is -2.73. The van der Waals surface area contributed by atoms with Crippen LogP contribution in [0.1, 0.15) is 38.8 Å². The predicted octanol–water partition coefficient (Wildman–Crippen LogP) is 4.21. The summed E-state index contributed by atoms with van der Waals surface area (Å²) in [5, 5.41) is 10.2. The van der Waals surface area contributed by atoms with Gasteiger partial charge >= 0.3 is 12.3 Å². The molecule has 134 valence electrons. The Bertz CT molecular complexity index is 669. The van der Waals surface area contributed by atoms with Gasteiger partial charge in [0.05, 0.1) is 17.0 Å². The van der Waals surface area contributed by atoms with Crippen molar-refractivity contribution in [2.75, 3.05) is 5.32 Å². The lowest BCUT2D eigenvalue weighted by atomic mass is 10.0. The van der Waals surface area contributed by atoms with Crippen molar-refractivity contribution < 1.29 is 32.0 Å². The SMILES string of the molecule is C/C(=N/[S+]([O-])C(C)(C)C)c1cc(NC(=O)O)c(F)c(C(F)(F)F)c1. The molecule has 1 aromatic carbocycles. The van der Waals surface area contributed by atoms with E-state index in [4.69, 9.17) is 5.11 Å². The van der Waals surface area contributed by atoms with Gasteiger partial charge in [-0.1, -0.05) is 4.40 Å². The van der Waals surface area contributed by atoms with Crippen LogP contribution in [0.3, 0.4) is 0 Å². The maximum Gasteiger partial charge on any atom is 0.419 e. The molecular weight excluding hydrogens is 352 g/mol. The standard InChI is InChI=1S/C14H16F4N2O3S/c1-7(20-24(23)13(2,3)4)8-5-9(14(16,17)18)11(15)10(6-8)19-12(21)22/h5-6,19H,1-4H3,(H,21,22)/b20-7-. The molecule has 1 amide bonds. The van der Waals surface area contributed by atoms with Crippen molar-refractivity contribution in [1.29, 1.82) is 0 Å². The van der Waals surface area contributed by atoms with E-state index in [2.05, 4.69) is 4.40 Å². The molecule has 0 spiro atoms. The summed E-state index contributed by atoms with van der Waals surface area (Å²) in [4.78, 5) is 10.6. The number of carbonyl (C=O) groups is 1. The summed E-state index contributed by atoms with van der Waals surface area (Å²) >= 11 is -1.74. The molecule has 0 fully saturated rings. The molecule has 1 aromatic rings. The predicted molar refractivity (Wildman–Crippen MR) is 83.2 cm³/mol. The number of rotatable bonds is 3. The second kappa shape index (κ2) is 6.98. The van der Waals surface area contributed by atoms with E-state index in [0.29, 0.717) is 6.07 Å². The Balaban J connectivity index is 3.48. The van der Waals surface area contributed by atoms with Gasteiger partial charge in [-0.05, 0) is 39.8 Å². The fraction of sp³-hybridized carbons (Fsp3) is 0.429. The number of amides is 1. The zero-order valence-corrected chi connectivity index (χ0v) is 14.1. The fourth-order valence-corrected chi connectivity index (χ4v) is 2.19. The number of hydrogen-bond acceptors (Lipinski definition) is 3. The molecule has 1 unspecified atom stereocenters. The minimum Gasteiger partial charge on any atom is -0.591 e. The van der Waals surface area contributed by atoms with Gasteiger partial charge in [-0.15, -0.1) is 0 Å². The Kier molecular flexibility index (Phi) is 5.88. The zero-order valence-electron chi connectivity index (χ0n) is 13.3. The topological polar surface area (TPSA) is 84.8 Å². The van der Waals surface area contributed by atoms with Crippen molar-refractivity contribution in [1.82, 2.24) is 0 Å². The third-order valence-electron chi connectivity index (χ3n) is 2.78. The van der Waals surface area contributed by atoms with Crippen LogP contribution in [0, 0.1) is 5.82 Å². The van der Waals surface area contributed by atoms with Crippen molar-refractivity contribution in [2.45, 2.75) is 38.6 Å². The number of halogens is 4. The molecule has 0 bridgehead atoms. The Hall–Kier alpha value is -1.81. The number of anilines is 1. The first kappa shape index (κ1) is 20.2. The highest BCUT2D eigenvalue weighted by atomic mass is 32.2. The zero-order chi connectivity index (χ0) is 18.9. The number of nitrogens with one attached hydrogen (secondary N) is 1. The molecule has 0 aromatic heterocycles. The van der Waals surface area contributed by atoms with Crippen LogP contribution in [0.5, 0.6) is 0 Å². The quantitative estimate of drug-likeness (QED) is 0.476. The molecule has 10 heteroatoms. The number of nitrogens with zero attached hydrogens (tertiary/aromatic N) is 1. The molecule has 0 heterocycles. The Morgan fingerprint density at radius 2 is 1.83 bits per heavy atom. The van der Waals surface area contributed by atoms with Crippen molar-refractivity contribution >= 4 is 28.9 Å². The van der Waals surface area contributed by atoms with E-state index in [1.54, 1.807) is 26.1 Å². The van der Waals surface area contributed by atoms with Crippen molar-refractivity contribution in [3.8, 4) is 0 Å². The molecule has 1 atom stereocenters. The van der Waals surface area contributed by atoms with E-state index in [0.717, 1.165) is 6.07 Å². The highest BCUT2D eigenvalue weighted by Gasteiger charge is 2.36. The number of benzene rings is 1. The highest BCUT2D eigenvalue weighted by molar-refractivity contribution is 7.91. The molecule has 2 N–H and O–H groups in total. The summed E-state index contributed by atoms with van der Waals surface area (Å²) in [6.07, 6.45) is -6.74. The van der Waals surface area contributed by atoms with E-state index in [-0.39, 0.29) is 11.3 Å². The molecule has 5 nitrogen and oxygen atoms in total. The van der Waals surface area contributed by atoms with Crippen molar-refractivity contribution in [3.63, 3.8) is 0 Å². The fourth-order valence-electron chi connectivity index (χ4n) is 1.56.